The van der Waals surface area contributed by atoms with Gasteiger partial charge in [-0.1, -0.05) is 113 Å². The third kappa shape index (κ3) is 8.09. The Hall–Kier alpha value is -2.86. The van der Waals surface area contributed by atoms with E-state index in [1.54, 1.807) is 0 Å². The van der Waals surface area contributed by atoms with Gasteiger partial charge in [-0.3, -0.25) is 4.79 Å². The molecule has 0 heterocycles. The number of carbonyl (C=O) groups excluding carboxylic acids is 2. The number of rotatable bonds is 16. The van der Waals surface area contributed by atoms with Crippen LogP contribution in [0.5, 0.6) is 0 Å². The van der Waals surface area contributed by atoms with Gasteiger partial charge in [0.1, 0.15) is 12.6 Å². The second kappa shape index (κ2) is 15.3. The maximum atomic E-state index is 12.4. The summed E-state index contributed by atoms with van der Waals surface area (Å²) in [5.41, 5.74) is 4.56. The van der Waals surface area contributed by atoms with Gasteiger partial charge in [0.25, 0.3) is 0 Å². The second-order valence-corrected chi connectivity index (χ2v) is 9.68. The van der Waals surface area contributed by atoms with E-state index in [2.05, 4.69) is 41.8 Å². The summed E-state index contributed by atoms with van der Waals surface area (Å²) in [4.78, 5) is 24.8. The molecule has 2 aromatic carbocycles. The van der Waals surface area contributed by atoms with Gasteiger partial charge in [0.15, 0.2) is 0 Å². The lowest BCUT2D eigenvalue weighted by atomic mass is 9.98. The highest BCUT2D eigenvalue weighted by molar-refractivity contribution is 5.85. The van der Waals surface area contributed by atoms with Gasteiger partial charge in [0.05, 0.1) is 6.61 Å². The van der Waals surface area contributed by atoms with Gasteiger partial charge >= 0.3 is 6.09 Å². The summed E-state index contributed by atoms with van der Waals surface area (Å²) in [5.74, 6) is -0.442. The van der Waals surface area contributed by atoms with Crippen LogP contribution in [-0.4, -0.2) is 42.9 Å². The van der Waals surface area contributed by atoms with Crippen molar-refractivity contribution in [3.05, 3.63) is 59.7 Å². The number of hydrogen-bond donors (Lipinski definition) is 3. The van der Waals surface area contributed by atoms with E-state index in [1.807, 2.05) is 24.3 Å². The van der Waals surface area contributed by atoms with Crippen molar-refractivity contribution < 1.29 is 19.4 Å². The van der Waals surface area contributed by atoms with Gasteiger partial charge < -0.3 is 20.5 Å². The average molecular weight is 495 g/mol. The van der Waals surface area contributed by atoms with Crippen LogP contribution in [0.25, 0.3) is 11.1 Å². The van der Waals surface area contributed by atoms with E-state index >= 15 is 0 Å². The fraction of sp³-hybridized carbons (Fsp3) is 0.533. The maximum Gasteiger partial charge on any atom is 0.407 e. The van der Waals surface area contributed by atoms with Crippen molar-refractivity contribution in [1.82, 2.24) is 10.6 Å². The number of hydrogen-bond acceptors (Lipinski definition) is 4. The molecule has 0 bridgehead atoms. The number of benzene rings is 2. The molecule has 0 aliphatic heterocycles. The molecule has 0 aromatic heterocycles. The third-order valence-electron chi connectivity index (χ3n) is 6.96. The number of alkyl carbamates (subject to hydrolysis) is 1. The summed E-state index contributed by atoms with van der Waals surface area (Å²) in [6.45, 7) is 2.46. The minimum Gasteiger partial charge on any atom is -0.449 e. The van der Waals surface area contributed by atoms with Crippen LogP contribution < -0.4 is 10.6 Å². The molecule has 3 N–H and O–H groups in total. The second-order valence-electron chi connectivity index (χ2n) is 9.68. The van der Waals surface area contributed by atoms with Crippen molar-refractivity contribution >= 4 is 12.0 Å². The Bertz CT molecular complexity index is 916. The summed E-state index contributed by atoms with van der Waals surface area (Å²) in [5, 5.41) is 15.0. The van der Waals surface area contributed by atoms with Crippen molar-refractivity contribution in [3.8, 4) is 11.1 Å². The predicted octanol–water partition coefficient (Wildman–Crippen LogP) is 5.92. The van der Waals surface area contributed by atoms with Gasteiger partial charge in [-0.05, 0) is 28.7 Å². The molecular weight excluding hydrogens is 452 g/mol. The molecule has 36 heavy (non-hydrogen) atoms. The van der Waals surface area contributed by atoms with Gasteiger partial charge in [0.2, 0.25) is 5.91 Å². The zero-order chi connectivity index (χ0) is 25.6. The first kappa shape index (κ1) is 27.7. The highest BCUT2D eigenvalue weighted by Crippen LogP contribution is 2.44. The summed E-state index contributed by atoms with van der Waals surface area (Å²) in [7, 11) is 0. The lowest BCUT2D eigenvalue weighted by Crippen LogP contribution is -2.49. The molecular formula is C30H42N2O4. The maximum absolute atomic E-state index is 12.4. The summed E-state index contributed by atoms with van der Waals surface area (Å²) in [6, 6.07) is 15.2. The monoisotopic (exact) mass is 494 g/mol. The first-order valence-corrected chi connectivity index (χ1v) is 13.7. The molecule has 2 aromatic rings. The molecule has 0 saturated carbocycles. The largest absolute Gasteiger partial charge is 0.449 e. The van der Waals surface area contributed by atoms with Crippen molar-refractivity contribution in [2.45, 2.75) is 83.1 Å². The first-order valence-electron chi connectivity index (χ1n) is 13.7. The van der Waals surface area contributed by atoms with E-state index in [4.69, 9.17) is 4.74 Å². The van der Waals surface area contributed by atoms with Gasteiger partial charge in [-0.2, -0.15) is 0 Å². The summed E-state index contributed by atoms with van der Waals surface area (Å²) < 4.78 is 5.49. The zero-order valence-corrected chi connectivity index (χ0v) is 21.6. The quantitative estimate of drug-likeness (QED) is 0.253. The number of carbonyl (C=O) groups is 2. The van der Waals surface area contributed by atoms with Crippen LogP contribution in [0.2, 0.25) is 0 Å². The van der Waals surface area contributed by atoms with E-state index in [0.717, 1.165) is 35.1 Å². The normalized spacial score (nSPS) is 13.1. The Morgan fingerprint density at radius 3 is 1.92 bits per heavy atom. The Kier molecular flexibility index (Phi) is 11.8. The predicted molar refractivity (Wildman–Crippen MR) is 144 cm³/mol. The molecule has 196 valence electrons. The molecule has 0 unspecified atom stereocenters. The molecule has 3 rings (SSSR count). The average Bonchev–Trinajstić information content (AvgIpc) is 3.22. The van der Waals surface area contributed by atoms with E-state index in [1.165, 1.54) is 51.4 Å². The Morgan fingerprint density at radius 2 is 1.36 bits per heavy atom. The van der Waals surface area contributed by atoms with Crippen LogP contribution in [0.1, 0.15) is 88.2 Å². The number of aliphatic hydroxyl groups is 1. The molecule has 1 atom stereocenters. The van der Waals surface area contributed by atoms with E-state index in [-0.39, 0.29) is 18.4 Å². The van der Waals surface area contributed by atoms with Crippen LogP contribution in [0, 0.1) is 0 Å². The molecule has 2 amide bonds. The molecule has 0 radical (unpaired) electrons. The van der Waals surface area contributed by atoms with Gasteiger partial charge in [-0.15, -0.1) is 0 Å². The first-order chi connectivity index (χ1) is 17.7. The molecule has 6 nitrogen and oxygen atoms in total. The van der Waals surface area contributed by atoms with E-state index in [0.29, 0.717) is 6.54 Å². The number of fused-ring (bicyclic) bond motifs is 3. The van der Waals surface area contributed by atoms with Crippen molar-refractivity contribution in [1.29, 1.82) is 0 Å². The standard InChI is InChI=1S/C30H42N2O4/c1-2-3-4-5-6-7-8-9-10-15-20-31-29(34)28(21-33)32-30(35)36-22-27-25-18-13-11-16-23(25)24-17-12-14-19-26(24)27/h11-14,16-19,27-28,33H,2-10,15,20-22H2,1H3,(H,31,34)(H,32,35)/t28-/m0/s1. The van der Waals surface area contributed by atoms with Crippen LogP contribution in [0.4, 0.5) is 4.79 Å². The van der Waals surface area contributed by atoms with Gasteiger partial charge in [-0.25, -0.2) is 4.79 Å². The van der Waals surface area contributed by atoms with Crippen LogP contribution in [0.3, 0.4) is 0 Å². The zero-order valence-electron chi connectivity index (χ0n) is 21.6. The number of amides is 2. The minimum atomic E-state index is -1.02. The molecule has 0 fully saturated rings. The lowest BCUT2D eigenvalue weighted by Gasteiger charge is -2.18. The molecule has 6 heteroatoms. The Balaban J connectivity index is 1.34. The van der Waals surface area contributed by atoms with Crippen molar-refractivity contribution in [3.63, 3.8) is 0 Å². The number of aliphatic hydroxyl groups excluding tert-OH is 1. The number of unbranched alkanes of at least 4 members (excludes halogenated alkanes) is 9. The minimum absolute atomic E-state index is 0.0547. The van der Waals surface area contributed by atoms with Crippen molar-refractivity contribution in [2.24, 2.45) is 0 Å². The number of ether oxygens (including phenoxy) is 1. The lowest BCUT2D eigenvalue weighted by molar-refractivity contribution is -0.123. The Labute approximate surface area is 215 Å². The van der Waals surface area contributed by atoms with E-state index in [9.17, 15) is 14.7 Å². The fourth-order valence-corrected chi connectivity index (χ4v) is 4.92. The van der Waals surface area contributed by atoms with Crippen LogP contribution in [0.15, 0.2) is 48.5 Å². The topological polar surface area (TPSA) is 87.7 Å². The van der Waals surface area contributed by atoms with Gasteiger partial charge in [0, 0.05) is 12.5 Å². The van der Waals surface area contributed by atoms with Crippen LogP contribution >= 0.6 is 0 Å². The van der Waals surface area contributed by atoms with Crippen LogP contribution in [-0.2, 0) is 9.53 Å². The fourth-order valence-electron chi connectivity index (χ4n) is 4.92. The SMILES string of the molecule is CCCCCCCCCCCCNC(=O)[C@H](CO)NC(=O)OCC1c2ccccc2-c2ccccc21. The Morgan fingerprint density at radius 1 is 0.833 bits per heavy atom. The smallest absolute Gasteiger partial charge is 0.407 e. The molecule has 0 spiro atoms. The highest BCUT2D eigenvalue weighted by Gasteiger charge is 2.29. The summed E-state index contributed by atoms with van der Waals surface area (Å²) >= 11 is 0. The molecule has 1 aliphatic rings. The summed E-state index contributed by atoms with van der Waals surface area (Å²) in [6.07, 6.45) is 11.6. The third-order valence-corrected chi connectivity index (χ3v) is 6.96. The van der Waals surface area contributed by atoms with E-state index < -0.39 is 18.7 Å². The number of nitrogens with one attached hydrogen (secondary N) is 2. The molecule has 0 saturated heterocycles. The molecule has 1 aliphatic carbocycles. The van der Waals surface area contributed by atoms with Crippen molar-refractivity contribution in [2.75, 3.05) is 19.8 Å². The highest BCUT2D eigenvalue weighted by atomic mass is 16.5.